The molecular formula is C21H29N6O18P3. The number of aliphatic hydroxyl groups is 3. The molecule has 2 aromatic heterocycles. The molecule has 2 saturated heterocycles. The zero-order valence-electron chi connectivity index (χ0n) is 23.9. The number of anilines is 1. The lowest BCUT2D eigenvalue weighted by atomic mass is 10.1. The zero-order chi connectivity index (χ0) is 35.2. The molecule has 27 heteroatoms. The van der Waals surface area contributed by atoms with Crippen LogP contribution in [0.5, 0.6) is 0 Å². The number of hydrogen-bond donors (Lipinski definition) is 9. The number of imidazole rings is 1. The Morgan fingerprint density at radius 2 is 1.56 bits per heavy atom. The van der Waals surface area contributed by atoms with Gasteiger partial charge in [0.2, 0.25) is 0 Å². The van der Waals surface area contributed by atoms with Crippen molar-refractivity contribution < 1.29 is 85.8 Å². The van der Waals surface area contributed by atoms with Gasteiger partial charge in [0.05, 0.1) is 31.7 Å². The van der Waals surface area contributed by atoms with E-state index in [-0.39, 0.29) is 29.1 Å². The van der Waals surface area contributed by atoms with Crippen LogP contribution >= 0.6 is 23.5 Å². The summed E-state index contributed by atoms with van der Waals surface area (Å²) in [4.78, 5) is 63.2. The average Bonchev–Trinajstić information content (AvgIpc) is 3.64. The number of nitrogens with zero attached hydrogens (tertiary/aromatic N) is 5. The molecule has 10 N–H and O–H groups in total. The number of allylic oxidation sites excluding steroid dienone is 2. The zero-order valence-corrected chi connectivity index (χ0v) is 26.6. The maximum absolute atomic E-state index is 12.6. The lowest BCUT2D eigenvalue weighted by Crippen LogP contribution is -2.43. The molecule has 0 spiro atoms. The maximum atomic E-state index is 12.6. The minimum absolute atomic E-state index is 0.000414. The number of aliphatic carboxylic acids is 1. The van der Waals surface area contributed by atoms with Crippen LogP contribution in [0.4, 0.5) is 5.82 Å². The monoisotopic (exact) mass is 746 g/mol. The summed E-state index contributed by atoms with van der Waals surface area (Å²) in [6.45, 7) is -2.26. The van der Waals surface area contributed by atoms with Gasteiger partial charge in [-0.15, -0.1) is 0 Å². The predicted molar refractivity (Wildman–Crippen MR) is 151 cm³/mol. The lowest BCUT2D eigenvalue weighted by Gasteiger charge is -2.30. The van der Waals surface area contributed by atoms with Gasteiger partial charge >= 0.3 is 29.4 Å². The summed E-state index contributed by atoms with van der Waals surface area (Å²) in [6, 6.07) is 0. The largest absolute Gasteiger partial charge is 0.481 e. The molecule has 48 heavy (non-hydrogen) atoms. The van der Waals surface area contributed by atoms with Gasteiger partial charge in [-0.2, -0.15) is 4.31 Å². The van der Waals surface area contributed by atoms with E-state index in [9.17, 15) is 58.5 Å². The molecule has 0 bridgehead atoms. The molecule has 0 saturated carbocycles. The van der Waals surface area contributed by atoms with Crippen LogP contribution in [0.1, 0.15) is 6.23 Å². The number of phosphoric ester groups is 3. The molecule has 266 valence electrons. The number of carboxylic acids is 1. The number of phosphoric acid groups is 3. The number of rotatable bonds is 13. The topological polar surface area (TPSA) is 358 Å². The smallest absolute Gasteiger partial charge is 0.478 e. The molecule has 5 heterocycles. The molecule has 5 rings (SSSR count). The molecule has 3 aliphatic heterocycles. The molecule has 0 aliphatic carbocycles. The average molecular weight is 746 g/mol. The number of nitrogens with two attached hydrogens (primary N) is 1. The van der Waals surface area contributed by atoms with Crippen LogP contribution in [-0.4, -0.2) is 133 Å². The fourth-order valence-electron chi connectivity index (χ4n) is 4.95. The third-order valence-electron chi connectivity index (χ3n) is 7.11. The first kappa shape index (κ1) is 36.5. The van der Waals surface area contributed by atoms with E-state index in [1.165, 1.54) is 23.3 Å². The quantitative estimate of drug-likeness (QED) is 0.0971. The van der Waals surface area contributed by atoms with Gasteiger partial charge in [-0.1, -0.05) is 0 Å². The first-order chi connectivity index (χ1) is 22.4. The molecule has 3 aliphatic rings. The Morgan fingerprint density at radius 3 is 2.19 bits per heavy atom. The Hall–Kier alpha value is -2.73. The van der Waals surface area contributed by atoms with E-state index in [0.29, 0.717) is 0 Å². The van der Waals surface area contributed by atoms with Crippen LogP contribution in [0.2, 0.25) is 0 Å². The summed E-state index contributed by atoms with van der Waals surface area (Å²) in [7, 11) is -16.3. The van der Waals surface area contributed by atoms with Crippen molar-refractivity contribution in [3.05, 3.63) is 36.6 Å². The number of aliphatic hydroxyl groups excluding tert-OH is 3. The van der Waals surface area contributed by atoms with Crippen LogP contribution < -0.4 is 5.73 Å². The summed E-state index contributed by atoms with van der Waals surface area (Å²) >= 11 is 0. The molecule has 10 unspecified atom stereocenters. The van der Waals surface area contributed by atoms with E-state index in [1.54, 1.807) is 0 Å². The first-order valence-electron chi connectivity index (χ1n) is 13.4. The lowest BCUT2D eigenvalue weighted by molar-refractivity contribution is -0.133. The number of carbonyl (C=O) groups is 1. The van der Waals surface area contributed by atoms with E-state index in [4.69, 9.17) is 15.2 Å². The first-order valence-corrected chi connectivity index (χ1v) is 17.9. The van der Waals surface area contributed by atoms with Gasteiger partial charge in [0.15, 0.2) is 23.9 Å². The van der Waals surface area contributed by atoms with Crippen LogP contribution in [0.3, 0.4) is 0 Å². The highest BCUT2D eigenvalue weighted by Crippen LogP contribution is 2.61. The molecule has 10 atom stereocenters. The van der Waals surface area contributed by atoms with E-state index >= 15 is 0 Å². The second-order valence-electron chi connectivity index (χ2n) is 10.4. The van der Waals surface area contributed by atoms with Crippen molar-refractivity contribution in [3.8, 4) is 0 Å². The molecular weight excluding hydrogens is 717 g/mol. The fourth-order valence-corrected chi connectivity index (χ4v) is 7.58. The Bertz CT molecular complexity index is 1730. The van der Waals surface area contributed by atoms with Crippen molar-refractivity contribution in [1.82, 2.24) is 24.4 Å². The van der Waals surface area contributed by atoms with E-state index in [0.717, 1.165) is 17.2 Å². The van der Waals surface area contributed by atoms with Crippen molar-refractivity contribution in [1.29, 1.82) is 0 Å². The SMILES string of the molecule is Nc1ncnc2c1ncn2C1OC(COP(=O)(O)OP(=O)(O)OCC2OC(N3C=CC=C(C(=O)O)C3)C(O)C2O)C(O)C1OP(=O)(O)O. The van der Waals surface area contributed by atoms with E-state index in [1.807, 2.05) is 0 Å². The van der Waals surface area contributed by atoms with Gasteiger partial charge in [0.25, 0.3) is 0 Å². The van der Waals surface area contributed by atoms with E-state index < -0.39 is 91.7 Å². The highest BCUT2D eigenvalue weighted by atomic mass is 31.3. The van der Waals surface area contributed by atoms with Gasteiger partial charge in [0.1, 0.15) is 48.5 Å². The number of nitrogen functional groups attached to an aromatic ring is 1. The predicted octanol–water partition coefficient (Wildman–Crippen LogP) is -2.32. The van der Waals surface area contributed by atoms with Crippen molar-refractivity contribution in [2.24, 2.45) is 0 Å². The summed E-state index contributed by atoms with van der Waals surface area (Å²) < 4.78 is 67.1. The number of fused-ring (bicyclic) bond motifs is 1. The van der Waals surface area contributed by atoms with Gasteiger partial charge < -0.3 is 60.1 Å². The normalized spacial score (nSPS) is 31.9. The second-order valence-corrected chi connectivity index (χ2v) is 14.6. The Kier molecular flexibility index (Phi) is 10.6. The summed E-state index contributed by atoms with van der Waals surface area (Å²) in [6.07, 6.45) is -6.99. The Morgan fingerprint density at radius 1 is 0.938 bits per heavy atom. The number of ether oxygens (including phenoxy) is 2. The summed E-state index contributed by atoms with van der Waals surface area (Å²) in [5, 5.41) is 40.7. The number of aromatic nitrogens is 4. The van der Waals surface area contributed by atoms with Gasteiger partial charge in [0, 0.05) is 6.20 Å². The molecule has 2 fully saturated rings. The van der Waals surface area contributed by atoms with Crippen LogP contribution in [0, 0.1) is 0 Å². The summed E-state index contributed by atoms with van der Waals surface area (Å²) in [5.41, 5.74) is 5.76. The molecule has 2 aromatic rings. The molecule has 0 radical (unpaired) electrons. The van der Waals surface area contributed by atoms with Crippen molar-refractivity contribution >= 4 is 46.4 Å². The number of hydrogen-bond acceptors (Lipinski definition) is 18. The van der Waals surface area contributed by atoms with Gasteiger partial charge in [-0.3, -0.25) is 18.1 Å². The third-order valence-corrected chi connectivity index (χ3v) is 10.2. The minimum Gasteiger partial charge on any atom is -0.478 e. The molecule has 0 amide bonds. The maximum Gasteiger partial charge on any atom is 0.481 e. The highest BCUT2D eigenvalue weighted by molar-refractivity contribution is 7.61. The van der Waals surface area contributed by atoms with Crippen molar-refractivity contribution in [3.63, 3.8) is 0 Å². The molecule has 24 nitrogen and oxygen atoms in total. The van der Waals surface area contributed by atoms with Crippen molar-refractivity contribution in [2.45, 2.75) is 49.1 Å². The number of carboxylic acid groups (broad SMARTS) is 1. The third kappa shape index (κ3) is 8.17. The van der Waals surface area contributed by atoms with Gasteiger partial charge in [-0.05, 0) is 12.2 Å². The summed E-state index contributed by atoms with van der Waals surface area (Å²) in [5.74, 6) is -1.29. The van der Waals surface area contributed by atoms with Crippen LogP contribution in [0.25, 0.3) is 11.2 Å². The Balaban J connectivity index is 1.19. The molecule has 0 aromatic carbocycles. The minimum atomic E-state index is -5.53. The van der Waals surface area contributed by atoms with E-state index in [2.05, 4.69) is 32.8 Å². The standard InChI is InChI=1S/C21H29N6O18P3/c22-17-12-18(24-7-23-17)27(8-25-12)20-16(44-46(33,34)35)14(29)11(43-20)6-41-48(38,39)45-47(36,37)40-5-10-13(28)15(30)19(42-10)26-3-1-2-9(4-26)21(31)32/h1-3,7-8,10-11,13-16,19-20,28-30H,4-6H2,(H,31,32)(H,36,37)(H,38,39)(H2,22,23,24)(H2,33,34,35). The van der Waals surface area contributed by atoms with Crippen molar-refractivity contribution in [2.75, 3.05) is 25.5 Å². The van der Waals surface area contributed by atoms with Gasteiger partial charge in [-0.25, -0.2) is 33.4 Å². The fraction of sp³-hybridized carbons (Fsp3) is 0.524. The second kappa shape index (κ2) is 13.9. The van der Waals surface area contributed by atoms with Crippen LogP contribution in [0.15, 0.2) is 36.6 Å². The van der Waals surface area contributed by atoms with Crippen LogP contribution in [-0.2, 0) is 45.8 Å². The Labute approximate surface area is 268 Å². The highest BCUT2D eigenvalue weighted by Gasteiger charge is 2.51.